The van der Waals surface area contributed by atoms with Gasteiger partial charge in [0.05, 0.1) is 5.38 Å². The molecule has 3 heteroatoms. The first kappa shape index (κ1) is 13.7. The van der Waals surface area contributed by atoms with E-state index in [1.165, 1.54) is 5.56 Å². The van der Waals surface area contributed by atoms with Crippen molar-refractivity contribution in [3.05, 3.63) is 75.1 Å². The SMILES string of the molecule is Cl[C](Cc1ccccc1)Cc1cc(Cl)cc(Cl)c1. The molecular formula is C15H12Cl3. The molecule has 0 amide bonds. The molecule has 2 aromatic rings. The standard InChI is InChI=1S/C15H12Cl3/c16-13(6-11-4-2-1-3-5-11)7-12-8-14(17)10-15(18)9-12/h1-5,8-10H,6-7H2. The predicted molar refractivity (Wildman–Crippen MR) is 79.4 cm³/mol. The van der Waals surface area contributed by atoms with Gasteiger partial charge in [-0.3, -0.25) is 0 Å². The summed E-state index contributed by atoms with van der Waals surface area (Å²) in [5, 5.41) is 2.16. The van der Waals surface area contributed by atoms with Crippen LogP contribution in [0.15, 0.2) is 48.5 Å². The van der Waals surface area contributed by atoms with Gasteiger partial charge in [-0.15, -0.1) is 11.6 Å². The first-order chi connectivity index (χ1) is 8.63. The van der Waals surface area contributed by atoms with Gasteiger partial charge in [0.15, 0.2) is 0 Å². The quantitative estimate of drug-likeness (QED) is 0.694. The Bertz CT molecular complexity index is 488. The van der Waals surface area contributed by atoms with Crippen LogP contribution in [0.3, 0.4) is 0 Å². The molecule has 0 spiro atoms. The molecule has 93 valence electrons. The lowest BCUT2D eigenvalue weighted by Gasteiger charge is -2.09. The third kappa shape index (κ3) is 4.20. The van der Waals surface area contributed by atoms with Crippen LogP contribution in [0.25, 0.3) is 0 Å². The molecule has 0 bridgehead atoms. The highest BCUT2D eigenvalue weighted by atomic mass is 35.5. The van der Waals surface area contributed by atoms with Gasteiger partial charge in [0.2, 0.25) is 0 Å². The van der Waals surface area contributed by atoms with Crippen molar-refractivity contribution in [3.8, 4) is 0 Å². The van der Waals surface area contributed by atoms with Gasteiger partial charge in [-0.2, -0.15) is 0 Å². The zero-order chi connectivity index (χ0) is 13.0. The Kier molecular flexibility index (Phi) is 4.94. The van der Waals surface area contributed by atoms with Crippen molar-refractivity contribution in [1.29, 1.82) is 0 Å². The zero-order valence-electron chi connectivity index (χ0n) is 9.67. The highest BCUT2D eigenvalue weighted by Crippen LogP contribution is 2.25. The van der Waals surface area contributed by atoms with Gasteiger partial charge in [0.1, 0.15) is 0 Å². The van der Waals surface area contributed by atoms with Crippen LogP contribution in [-0.2, 0) is 12.8 Å². The maximum Gasteiger partial charge on any atom is 0.0724 e. The van der Waals surface area contributed by atoms with Crippen LogP contribution in [-0.4, -0.2) is 0 Å². The zero-order valence-corrected chi connectivity index (χ0v) is 11.9. The minimum atomic E-state index is 0.640. The normalized spacial score (nSPS) is 10.9. The van der Waals surface area contributed by atoms with E-state index in [2.05, 4.69) is 12.1 Å². The lowest BCUT2D eigenvalue weighted by Crippen LogP contribution is -1.99. The fourth-order valence-electron chi connectivity index (χ4n) is 1.81. The molecule has 0 nitrogen and oxygen atoms in total. The van der Waals surface area contributed by atoms with Crippen molar-refractivity contribution in [2.24, 2.45) is 0 Å². The molecule has 0 aliphatic rings. The molecule has 0 fully saturated rings. The van der Waals surface area contributed by atoms with Gasteiger partial charge in [-0.1, -0.05) is 53.5 Å². The second kappa shape index (κ2) is 6.47. The first-order valence-corrected chi connectivity index (χ1v) is 6.76. The molecule has 0 atom stereocenters. The summed E-state index contributed by atoms with van der Waals surface area (Å²) in [5.74, 6) is 0. The Morgan fingerprint density at radius 1 is 0.778 bits per heavy atom. The summed E-state index contributed by atoms with van der Waals surface area (Å²) in [6.45, 7) is 0. The minimum Gasteiger partial charge on any atom is -0.117 e. The molecule has 0 heterocycles. The largest absolute Gasteiger partial charge is 0.117 e. The van der Waals surface area contributed by atoms with Crippen LogP contribution >= 0.6 is 34.8 Å². The summed E-state index contributed by atoms with van der Waals surface area (Å²) in [6, 6.07) is 15.6. The summed E-state index contributed by atoms with van der Waals surface area (Å²) >= 11 is 18.2. The number of hydrogen-bond acceptors (Lipinski definition) is 0. The van der Waals surface area contributed by atoms with Crippen molar-refractivity contribution >= 4 is 34.8 Å². The Balaban J connectivity index is 2.01. The van der Waals surface area contributed by atoms with Crippen LogP contribution in [0.4, 0.5) is 0 Å². The van der Waals surface area contributed by atoms with E-state index < -0.39 is 0 Å². The molecule has 0 aliphatic carbocycles. The third-order valence-corrected chi connectivity index (χ3v) is 3.26. The van der Waals surface area contributed by atoms with E-state index >= 15 is 0 Å². The average molecular weight is 299 g/mol. The number of benzene rings is 2. The van der Waals surface area contributed by atoms with Crippen molar-refractivity contribution < 1.29 is 0 Å². The lowest BCUT2D eigenvalue weighted by molar-refractivity contribution is 0.981. The topological polar surface area (TPSA) is 0 Å². The molecule has 0 saturated carbocycles. The average Bonchev–Trinajstić information content (AvgIpc) is 2.28. The number of rotatable bonds is 4. The maximum absolute atomic E-state index is 6.29. The van der Waals surface area contributed by atoms with Crippen LogP contribution in [0.1, 0.15) is 11.1 Å². The fraction of sp³-hybridized carbons (Fsp3) is 0.133. The van der Waals surface area contributed by atoms with Gasteiger partial charge >= 0.3 is 0 Å². The summed E-state index contributed by atoms with van der Waals surface area (Å²) in [6.07, 6.45) is 1.43. The Morgan fingerprint density at radius 2 is 1.33 bits per heavy atom. The van der Waals surface area contributed by atoms with Crippen LogP contribution in [0, 0.1) is 5.38 Å². The van der Waals surface area contributed by atoms with Gasteiger partial charge in [0, 0.05) is 10.0 Å². The maximum atomic E-state index is 6.29. The number of halogens is 3. The predicted octanol–water partition coefficient (Wildman–Crippen LogP) is 5.55. The molecule has 0 aliphatic heterocycles. The van der Waals surface area contributed by atoms with Crippen molar-refractivity contribution in [2.45, 2.75) is 12.8 Å². The van der Waals surface area contributed by atoms with E-state index in [0.29, 0.717) is 16.5 Å². The smallest absolute Gasteiger partial charge is 0.0724 e. The molecule has 18 heavy (non-hydrogen) atoms. The van der Waals surface area contributed by atoms with Crippen LogP contribution in [0.2, 0.25) is 10.0 Å². The second-order valence-corrected chi connectivity index (χ2v) is 5.54. The lowest BCUT2D eigenvalue weighted by atomic mass is 10.0. The van der Waals surface area contributed by atoms with E-state index in [4.69, 9.17) is 34.8 Å². The van der Waals surface area contributed by atoms with Gasteiger partial charge < -0.3 is 0 Å². The highest BCUT2D eigenvalue weighted by molar-refractivity contribution is 6.34. The van der Waals surface area contributed by atoms with E-state index in [1.807, 2.05) is 30.3 Å². The molecule has 1 radical (unpaired) electrons. The molecule has 0 saturated heterocycles. The molecule has 0 aromatic heterocycles. The minimum absolute atomic E-state index is 0.640. The van der Waals surface area contributed by atoms with Crippen molar-refractivity contribution in [3.63, 3.8) is 0 Å². The number of hydrogen-bond donors (Lipinski definition) is 0. The fourth-order valence-corrected chi connectivity index (χ4v) is 2.69. The molecule has 0 N–H and O–H groups in total. The Morgan fingerprint density at radius 3 is 1.94 bits per heavy atom. The summed E-state index contributed by atoms with van der Waals surface area (Å²) < 4.78 is 0. The van der Waals surface area contributed by atoms with Gasteiger partial charge in [-0.25, -0.2) is 0 Å². The first-order valence-electron chi connectivity index (χ1n) is 5.62. The Labute approximate surface area is 122 Å². The third-order valence-electron chi connectivity index (χ3n) is 2.56. The molecule has 2 aromatic carbocycles. The Hall–Kier alpha value is -0.690. The molecule has 0 unspecified atom stereocenters. The highest BCUT2D eigenvalue weighted by Gasteiger charge is 2.09. The molecule has 2 rings (SSSR count). The van der Waals surface area contributed by atoms with Crippen molar-refractivity contribution in [2.75, 3.05) is 0 Å². The van der Waals surface area contributed by atoms with E-state index in [9.17, 15) is 0 Å². The van der Waals surface area contributed by atoms with Gasteiger partial charge in [-0.05, 0) is 42.2 Å². The molecular weight excluding hydrogens is 287 g/mol. The summed E-state index contributed by atoms with van der Waals surface area (Å²) in [4.78, 5) is 0. The van der Waals surface area contributed by atoms with Gasteiger partial charge in [0.25, 0.3) is 0 Å². The van der Waals surface area contributed by atoms with E-state index in [-0.39, 0.29) is 0 Å². The van der Waals surface area contributed by atoms with Crippen LogP contribution in [0.5, 0.6) is 0 Å². The monoisotopic (exact) mass is 297 g/mol. The summed E-state index contributed by atoms with van der Waals surface area (Å²) in [7, 11) is 0. The summed E-state index contributed by atoms with van der Waals surface area (Å²) in [5.41, 5.74) is 2.24. The van der Waals surface area contributed by atoms with E-state index in [0.717, 1.165) is 17.4 Å². The van der Waals surface area contributed by atoms with E-state index in [1.54, 1.807) is 6.07 Å². The second-order valence-electron chi connectivity index (χ2n) is 4.13. The van der Waals surface area contributed by atoms with Crippen LogP contribution < -0.4 is 0 Å². The van der Waals surface area contributed by atoms with Crippen molar-refractivity contribution in [1.82, 2.24) is 0 Å².